The van der Waals surface area contributed by atoms with E-state index in [1.807, 2.05) is 0 Å². The summed E-state index contributed by atoms with van der Waals surface area (Å²) in [7, 11) is 0. The first kappa shape index (κ1) is 13.0. The van der Waals surface area contributed by atoms with Crippen molar-refractivity contribution < 1.29 is 9.50 Å². The maximum absolute atomic E-state index is 12.9. The van der Waals surface area contributed by atoms with Crippen molar-refractivity contribution in [3.05, 3.63) is 34.1 Å². The third-order valence-corrected chi connectivity index (χ3v) is 3.78. The Kier molecular flexibility index (Phi) is 5.64. The number of halogens is 2. The summed E-state index contributed by atoms with van der Waals surface area (Å²) < 4.78 is 13.8. The molecule has 0 bridgehead atoms. The van der Waals surface area contributed by atoms with Crippen LogP contribution in [0.5, 0.6) is 0 Å². The molecule has 0 saturated heterocycles. The van der Waals surface area contributed by atoms with Gasteiger partial charge in [0.1, 0.15) is 5.82 Å². The maximum Gasteiger partial charge on any atom is 0.123 e. The molecule has 0 aromatic heterocycles. The molecule has 4 heteroatoms. The third kappa shape index (κ3) is 4.53. The largest absolute Gasteiger partial charge is 0.392 e. The zero-order valence-electron chi connectivity index (χ0n) is 8.54. The molecule has 0 amide bonds. The van der Waals surface area contributed by atoms with E-state index in [9.17, 15) is 9.50 Å². The predicted octanol–water partition coefficient (Wildman–Crippen LogP) is 3.24. The third-order valence-electron chi connectivity index (χ3n) is 1.98. The zero-order valence-corrected chi connectivity index (χ0v) is 10.9. The molecule has 0 heterocycles. The van der Waals surface area contributed by atoms with E-state index in [-0.39, 0.29) is 5.82 Å². The highest BCUT2D eigenvalue weighted by Gasteiger charge is 2.08. The van der Waals surface area contributed by atoms with Crippen LogP contribution in [0.1, 0.15) is 12.5 Å². The summed E-state index contributed by atoms with van der Waals surface area (Å²) in [4.78, 5) is 0. The summed E-state index contributed by atoms with van der Waals surface area (Å²) in [6, 6.07) is 4.54. The van der Waals surface area contributed by atoms with Crippen LogP contribution >= 0.6 is 27.7 Å². The molecule has 0 aliphatic rings. The second-order valence-corrected chi connectivity index (χ2v) is 5.43. The number of benzene rings is 1. The highest BCUT2D eigenvalue weighted by Crippen LogP contribution is 2.20. The molecule has 1 rings (SSSR count). The number of aliphatic hydroxyl groups is 1. The van der Waals surface area contributed by atoms with Gasteiger partial charge in [-0.15, -0.1) is 0 Å². The van der Waals surface area contributed by atoms with Gasteiger partial charge in [-0.05, 0) is 29.5 Å². The fraction of sp³-hybridized carbons (Fsp3) is 0.455. The van der Waals surface area contributed by atoms with Gasteiger partial charge in [-0.2, -0.15) is 11.8 Å². The quantitative estimate of drug-likeness (QED) is 0.899. The minimum Gasteiger partial charge on any atom is -0.392 e. The van der Waals surface area contributed by atoms with Gasteiger partial charge in [-0.1, -0.05) is 22.9 Å². The van der Waals surface area contributed by atoms with Crippen LogP contribution in [-0.4, -0.2) is 22.7 Å². The van der Waals surface area contributed by atoms with Gasteiger partial charge in [0.15, 0.2) is 0 Å². The first-order chi connectivity index (χ1) is 7.13. The first-order valence-electron chi connectivity index (χ1n) is 4.83. The summed E-state index contributed by atoms with van der Waals surface area (Å²) in [6.07, 6.45) is 0.0822. The minimum absolute atomic E-state index is 0.261. The topological polar surface area (TPSA) is 20.2 Å². The van der Waals surface area contributed by atoms with E-state index in [2.05, 4.69) is 22.9 Å². The number of rotatable bonds is 5. The molecule has 1 aromatic rings. The van der Waals surface area contributed by atoms with Crippen LogP contribution in [0.4, 0.5) is 4.39 Å². The minimum atomic E-state index is -0.409. The van der Waals surface area contributed by atoms with Gasteiger partial charge in [0.25, 0.3) is 0 Å². The van der Waals surface area contributed by atoms with E-state index in [0.29, 0.717) is 12.2 Å². The molecule has 1 unspecified atom stereocenters. The predicted molar refractivity (Wildman–Crippen MR) is 66.8 cm³/mol. The van der Waals surface area contributed by atoms with E-state index >= 15 is 0 Å². The Morgan fingerprint density at radius 2 is 2.27 bits per heavy atom. The molecule has 0 fully saturated rings. The lowest BCUT2D eigenvalue weighted by Crippen LogP contribution is -2.14. The van der Waals surface area contributed by atoms with Crippen LogP contribution in [0.3, 0.4) is 0 Å². The second-order valence-electron chi connectivity index (χ2n) is 3.25. The lowest BCUT2D eigenvalue weighted by Gasteiger charge is -2.11. The highest BCUT2D eigenvalue weighted by molar-refractivity contribution is 9.10. The van der Waals surface area contributed by atoms with E-state index in [1.54, 1.807) is 17.8 Å². The van der Waals surface area contributed by atoms with Crippen molar-refractivity contribution in [2.45, 2.75) is 19.4 Å². The average Bonchev–Trinajstić information content (AvgIpc) is 2.20. The van der Waals surface area contributed by atoms with Gasteiger partial charge < -0.3 is 5.11 Å². The van der Waals surface area contributed by atoms with Crippen molar-refractivity contribution in [1.29, 1.82) is 0 Å². The van der Waals surface area contributed by atoms with Crippen molar-refractivity contribution in [3.63, 3.8) is 0 Å². The van der Waals surface area contributed by atoms with Crippen molar-refractivity contribution in [3.8, 4) is 0 Å². The normalized spacial score (nSPS) is 12.8. The van der Waals surface area contributed by atoms with Crippen molar-refractivity contribution in [2.75, 3.05) is 11.5 Å². The van der Waals surface area contributed by atoms with E-state index in [0.717, 1.165) is 15.8 Å². The van der Waals surface area contributed by atoms with Crippen LogP contribution in [0.25, 0.3) is 0 Å². The summed E-state index contributed by atoms with van der Waals surface area (Å²) in [6.45, 7) is 2.05. The van der Waals surface area contributed by atoms with Crippen molar-refractivity contribution >= 4 is 27.7 Å². The lowest BCUT2D eigenvalue weighted by atomic mass is 10.1. The summed E-state index contributed by atoms with van der Waals surface area (Å²) in [5.74, 6) is 1.42. The molecule has 0 saturated carbocycles. The zero-order chi connectivity index (χ0) is 11.3. The number of thioether (sulfide) groups is 1. The smallest absolute Gasteiger partial charge is 0.123 e. The number of hydrogen-bond donors (Lipinski definition) is 1. The van der Waals surface area contributed by atoms with Crippen molar-refractivity contribution in [2.24, 2.45) is 0 Å². The molecule has 1 N–H and O–H groups in total. The molecule has 0 aliphatic carbocycles. The van der Waals surface area contributed by atoms with Crippen LogP contribution in [0, 0.1) is 5.82 Å². The van der Waals surface area contributed by atoms with E-state index in [4.69, 9.17) is 0 Å². The second kappa shape index (κ2) is 6.51. The summed E-state index contributed by atoms with van der Waals surface area (Å²) >= 11 is 5.03. The van der Waals surface area contributed by atoms with Crippen LogP contribution in [0.15, 0.2) is 22.7 Å². The Morgan fingerprint density at radius 3 is 2.93 bits per heavy atom. The fourth-order valence-corrected chi connectivity index (χ4v) is 2.30. The molecule has 1 aromatic carbocycles. The van der Waals surface area contributed by atoms with Gasteiger partial charge in [-0.25, -0.2) is 4.39 Å². The van der Waals surface area contributed by atoms with Gasteiger partial charge in [-0.3, -0.25) is 0 Å². The Balaban J connectivity index is 2.59. The molecule has 84 valence electrons. The number of aliphatic hydroxyl groups excluding tert-OH is 1. The molecule has 1 atom stereocenters. The first-order valence-corrected chi connectivity index (χ1v) is 6.78. The number of hydrogen-bond acceptors (Lipinski definition) is 2. The van der Waals surface area contributed by atoms with Gasteiger partial charge in [0, 0.05) is 16.6 Å². The van der Waals surface area contributed by atoms with Crippen LogP contribution in [-0.2, 0) is 6.42 Å². The molecule has 0 radical (unpaired) electrons. The Bertz CT molecular complexity index is 319. The van der Waals surface area contributed by atoms with E-state index in [1.165, 1.54) is 12.1 Å². The molecule has 1 nitrogen and oxygen atoms in total. The molecule has 0 spiro atoms. The van der Waals surface area contributed by atoms with Gasteiger partial charge in [0.2, 0.25) is 0 Å². The van der Waals surface area contributed by atoms with Crippen LogP contribution < -0.4 is 0 Å². The standard InChI is InChI=1S/C11H14BrFOS/c1-2-15-7-10(14)6-8-5-9(13)3-4-11(8)12/h3-5,10,14H,2,6-7H2,1H3. The molecule has 0 aliphatic heterocycles. The van der Waals surface area contributed by atoms with Crippen LogP contribution in [0.2, 0.25) is 0 Å². The Labute approximate surface area is 102 Å². The monoisotopic (exact) mass is 292 g/mol. The summed E-state index contributed by atoms with van der Waals surface area (Å²) in [5, 5.41) is 9.68. The van der Waals surface area contributed by atoms with Crippen molar-refractivity contribution in [1.82, 2.24) is 0 Å². The highest BCUT2D eigenvalue weighted by atomic mass is 79.9. The summed E-state index contributed by atoms with van der Waals surface area (Å²) in [5.41, 5.74) is 0.819. The van der Waals surface area contributed by atoms with E-state index < -0.39 is 6.10 Å². The van der Waals surface area contributed by atoms with Gasteiger partial charge in [0.05, 0.1) is 6.10 Å². The molecular formula is C11H14BrFOS. The molecular weight excluding hydrogens is 279 g/mol. The Hall–Kier alpha value is -0.0600. The van der Waals surface area contributed by atoms with Gasteiger partial charge >= 0.3 is 0 Å². The Morgan fingerprint density at radius 1 is 1.53 bits per heavy atom. The lowest BCUT2D eigenvalue weighted by molar-refractivity contribution is 0.200. The average molecular weight is 293 g/mol. The molecule has 15 heavy (non-hydrogen) atoms. The fourth-order valence-electron chi connectivity index (χ4n) is 1.27. The SMILES string of the molecule is CCSCC(O)Cc1cc(F)ccc1Br. The maximum atomic E-state index is 12.9.